The van der Waals surface area contributed by atoms with E-state index in [-0.39, 0.29) is 11.5 Å². The maximum absolute atomic E-state index is 11.8. The summed E-state index contributed by atoms with van der Waals surface area (Å²) in [6, 6.07) is 9.12. The summed E-state index contributed by atoms with van der Waals surface area (Å²) in [6.07, 6.45) is 1.49. The van der Waals surface area contributed by atoms with Crippen LogP contribution in [-0.2, 0) is 9.53 Å². The molecule has 0 unspecified atom stereocenters. The molecule has 1 aromatic carbocycles. The lowest BCUT2D eigenvalue weighted by atomic mass is 10.1. The fraction of sp³-hybridized carbons (Fsp3) is 0.375. The van der Waals surface area contributed by atoms with Crippen molar-refractivity contribution in [3.05, 3.63) is 35.4 Å². The molecule has 0 saturated carbocycles. The SMILES string of the molecule is CCOc1ccccc1C=C(C#N)C(=O)OCC(C)C. The molecule has 0 bridgehead atoms. The van der Waals surface area contributed by atoms with Crippen molar-refractivity contribution in [2.45, 2.75) is 20.8 Å². The topological polar surface area (TPSA) is 59.3 Å². The first-order chi connectivity index (χ1) is 9.58. The summed E-state index contributed by atoms with van der Waals surface area (Å²) in [7, 11) is 0. The van der Waals surface area contributed by atoms with Gasteiger partial charge in [-0.25, -0.2) is 4.79 Å². The number of para-hydroxylation sites is 1. The molecule has 0 amide bonds. The van der Waals surface area contributed by atoms with Gasteiger partial charge in [-0.3, -0.25) is 0 Å². The van der Waals surface area contributed by atoms with E-state index in [0.717, 1.165) is 0 Å². The van der Waals surface area contributed by atoms with E-state index >= 15 is 0 Å². The van der Waals surface area contributed by atoms with Crippen molar-refractivity contribution in [2.75, 3.05) is 13.2 Å². The number of esters is 1. The van der Waals surface area contributed by atoms with Crippen LogP contribution in [0.25, 0.3) is 6.08 Å². The molecule has 0 radical (unpaired) electrons. The number of hydrogen-bond acceptors (Lipinski definition) is 4. The van der Waals surface area contributed by atoms with Crippen molar-refractivity contribution < 1.29 is 14.3 Å². The lowest BCUT2D eigenvalue weighted by Gasteiger charge is -2.08. The number of benzene rings is 1. The Morgan fingerprint density at radius 1 is 1.40 bits per heavy atom. The number of nitrogens with zero attached hydrogens (tertiary/aromatic N) is 1. The maximum atomic E-state index is 11.8. The van der Waals surface area contributed by atoms with Gasteiger partial charge in [-0.15, -0.1) is 0 Å². The Morgan fingerprint density at radius 3 is 2.70 bits per heavy atom. The molecule has 0 fully saturated rings. The average Bonchev–Trinajstić information content (AvgIpc) is 2.44. The number of ether oxygens (including phenoxy) is 2. The number of rotatable bonds is 6. The highest BCUT2D eigenvalue weighted by Gasteiger charge is 2.12. The lowest BCUT2D eigenvalue weighted by Crippen LogP contribution is -2.11. The smallest absolute Gasteiger partial charge is 0.348 e. The van der Waals surface area contributed by atoms with Crippen LogP contribution >= 0.6 is 0 Å². The summed E-state index contributed by atoms with van der Waals surface area (Å²) in [6.45, 7) is 6.57. The first-order valence-corrected chi connectivity index (χ1v) is 6.59. The molecule has 0 aliphatic rings. The zero-order valence-corrected chi connectivity index (χ0v) is 12.1. The molecule has 0 saturated heterocycles. The van der Waals surface area contributed by atoms with E-state index in [0.29, 0.717) is 24.5 Å². The predicted molar refractivity (Wildman–Crippen MR) is 77.0 cm³/mol. The Hall–Kier alpha value is -2.28. The van der Waals surface area contributed by atoms with Gasteiger partial charge >= 0.3 is 5.97 Å². The number of nitriles is 1. The predicted octanol–water partition coefficient (Wildman–Crippen LogP) is 3.19. The van der Waals surface area contributed by atoms with E-state index in [1.54, 1.807) is 12.1 Å². The second kappa shape index (κ2) is 8.00. The summed E-state index contributed by atoms with van der Waals surface area (Å²) in [5.41, 5.74) is 0.658. The summed E-state index contributed by atoms with van der Waals surface area (Å²) in [5, 5.41) is 9.08. The van der Waals surface area contributed by atoms with Crippen LogP contribution in [0.3, 0.4) is 0 Å². The summed E-state index contributed by atoms with van der Waals surface area (Å²) >= 11 is 0. The van der Waals surface area contributed by atoms with E-state index < -0.39 is 5.97 Å². The summed E-state index contributed by atoms with van der Waals surface area (Å²) in [4.78, 5) is 11.8. The molecule has 4 heteroatoms. The minimum atomic E-state index is -0.604. The van der Waals surface area contributed by atoms with Crippen LogP contribution < -0.4 is 4.74 Å². The molecule has 0 N–H and O–H groups in total. The molecule has 0 spiro atoms. The standard InChI is InChI=1S/C16H19NO3/c1-4-19-15-8-6-5-7-13(15)9-14(10-17)16(18)20-11-12(2)3/h5-9,12H,4,11H2,1-3H3. The largest absolute Gasteiger partial charge is 0.493 e. The second-order valence-electron chi connectivity index (χ2n) is 4.63. The van der Waals surface area contributed by atoms with E-state index in [1.807, 2.05) is 39.0 Å². The number of carbonyl (C=O) groups is 1. The van der Waals surface area contributed by atoms with E-state index in [4.69, 9.17) is 14.7 Å². The Bertz CT molecular complexity index is 527. The van der Waals surface area contributed by atoms with Gasteiger partial charge in [0.2, 0.25) is 0 Å². The second-order valence-corrected chi connectivity index (χ2v) is 4.63. The molecule has 1 rings (SSSR count). The first kappa shape index (κ1) is 15.8. The van der Waals surface area contributed by atoms with Crippen molar-refractivity contribution >= 4 is 12.0 Å². The minimum Gasteiger partial charge on any atom is -0.493 e. The average molecular weight is 273 g/mol. The van der Waals surface area contributed by atoms with Gasteiger partial charge in [0.05, 0.1) is 13.2 Å². The van der Waals surface area contributed by atoms with Gasteiger partial charge < -0.3 is 9.47 Å². The van der Waals surface area contributed by atoms with Crippen molar-refractivity contribution in [3.63, 3.8) is 0 Å². The molecule has 0 aliphatic heterocycles. The Balaban J connectivity index is 2.94. The lowest BCUT2D eigenvalue weighted by molar-refractivity contribution is -0.139. The molecule has 0 heterocycles. The molecule has 0 atom stereocenters. The molecule has 0 aromatic heterocycles. The first-order valence-electron chi connectivity index (χ1n) is 6.59. The molecule has 106 valence electrons. The maximum Gasteiger partial charge on any atom is 0.348 e. The highest BCUT2D eigenvalue weighted by molar-refractivity contribution is 5.98. The fourth-order valence-electron chi connectivity index (χ4n) is 1.50. The van der Waals surface area contributed by atoms with Crippen LogP contribution in [0.5, 0.6) is 5.75 Å². The molecular formula is C16H19NO3. The van der Waals surface area contributed by atoms with Crippen molar-refractivity contribution in [1.82, 2.24) is 0 Å². The zero-order chi connectivity index (χ0) is 15.0. The van der Waals surface area contributed by atoms with Crippen molar-refractivity contribution in [2.24, 2.45) is 5.92 Å². The van der Waals surface area contributed by atoms with Crippen LogP contribution in [0, 0.1) is 17.2 Å². The number of carbonyl (C=O) groups excluding carboxylic acids is 1. The molecule has 20 heavy (non-hydrogen) atoms. The van der Waals surface area contributed by atoms with E-state index in [1.165, 1.54) is 6.08 Å². The summed E-state index contributed by atoms with van der Waals surface area (Å²) in [5.74, 6) is 0.265. The van der Waals surface area contributed by atoms with Crippen molar-refractivity contribution in [1.29, 1.82) is 5.26 Å². The third-order valence-electron chi connectivity index (χ3n) is 2.41. The van der Waals surface area contributed by atoms with Gasteiger partial charge in [0.25, 0.3) is 0 Å². The quantitative estimate of drug-likeness (QED) is 0.453. The van der Waals surface area contributed by atoms with Gasteiger partial charge in [0.1, 0.15) is 17.4 Å². The highest BCUT2D eigenvalue weighted by atomic mass is 16.5. The van der Waals surface area contributed by atoms with Crippen LogP contribution in [-0.4, -0.2) is 19.2 Å². The fourth-order valence-corrected chi connectivity index (χ4v) is 1.50. The van der Waals surface area contributed by atoms with Gasteiger partial charge in [-0.2, -0.15) is 5.26 Å². The molecule has 0 aliphatic carbocycles. The van der Waals surface area contributed by atoms with Crippen LogP contribution in [0.15, 0.2) is 29.8 Å². The van der Waals surface area contributed by atoms with Gasteiger partial charge in [-0.05, 0) is 25.0 Å². The Kier molecular flexibility index (Phi) is 6.31. The van der Waals surface area contributed by atoms with E-state index in [9.17, 15) is 4.79 Å². The molecular weight excluding hydrogens is 254 g/mol. The third-order valence-corrected chi connectivity index (χ3v) is 2.41. The Labute approximate surface area is 119 Å². The van der Waals surface area contributed by atoms with Gasteiger partial charge in [0.15, 0.2) is 0 Å². The molecule has 1 aromatic rings. The zero-order valence-electron chi connectivity index (χ0n) is 12.1. The van der Waals surface area contributed by atoms with Crippen molar-refractivity contribution in [3.8, 4) is 11.8 Å². The highest BCUT2D eigenvalue weighted by Crippen LogP contribution is 2.21. The summed E-state index contributed by atoms with van der Waals surface area (Å²) < 4.78 is 10.5. The van der Waals surface area contributed by atoms with Crippen LogP contribution in [0.4, 0.5) is 0 Å². The normalized spacial score (nSPS) is 11.1. The Morgan fingerprint density at radius 2 is 2.10 bits per heavy atom. The number of hydrogen-bond donors (Lipinski definition) is 0. The molecule has 4 nitrogen and oxygen atoms in total. The van der Waals surface area contributed by atoms with E-state index in [2.05, 4.69) is 0 Å². The van der Waals surface area contributed by atoms with Crippen LogP contribution in [0.2, 0.25) is 0 Å². The van der Waals surface area contributed by atoms with Gasteiger partial charge in [0, 0.05) is 5.56 Å². The van der Waals surface area contributed by atoms with Crippen LogP contribution in [0.1, 0.15) is 26.3 Å². The third kappa shape index (κ3) is 4.77. The minimum absolute atomic E-state index is 0.0298. The monoisotopic (exact) mass is 273 g/mol. The van der Waals surface area contributed by atoms with Gasteiger partial charge in [-0.1, -0.05) is 32.0 Å².